The Morgan fingerprint density at radius 3 is 2.29 bits per heavy atom. The van der Waals surface area contributed by atoms with E-state index < -0.39 is 5.54 Å². The van der Waals surface area contributed by atoms with Gasteiger partial charge in [0.15, 0.2) is 0 Å². The third-order valence-electron chi connectivity index (χ3n) is 4.12. The molecule has 1 fully saturated rings. The Hall–Kier alpha value is -1.01. The summed E-state index contributed by atoms with van der Waals surface area (Å²) >= 11 is 0. The fraction of sp³-hybridized carbons (Fsp3) is 0.588. The minimum absolute atomic E-state index is 0. The first kappa shape index (κ1) is 23.0. The maximum absolute atomic E-state index is 12.3. The van der Waals surface area contributed by atoms with Gasteiger partial charge in [0.05, 0.1) is 5.54 Å². The summed E-state index contributed by atoms with van der Waals surface area (Å²) in [4.78, 5) is 14.4. The molecular weight excluding hydrogens is 349 g/mol. The molecule has 0 aromatic heterocycles. The number of nitrogens with zero attached hydrogens (tertiary/aromatic N) is 1. The Morgan fingerprint density at radius 1 is 1.17 bits per heavy atom. The molecule has 3 N–H and O–H groups in total. The molecule has 1 aromatic rings. The summed E-state index contributed by atoms with van der Waals surface area (Å²) in [6.07, 6.45) is 4.77. The molecule has 1 aliphatic rings. The van der Waals surface area contributed by atoms with Crippen LogP contribution in [0.3, 0.4) is 0 Å². The molecule has 1 aromatic carbocycles. The molecule has 0 bridgehead atoms. The normalized spacial score (nSPS) is 15.8. The number of hydrogen-bond donors (Lipinski definition) is 2. The minimum Gasteiger partial charge on any atom is -0.492 e. The van der Waals surface area contributed by atoms with Gasteiger partial charge in [0, 0.05) is 12.2 Å². The van der Waals surface area contributed by atoms with E-state index in [1.165, 1.54) is 6.42 Å². The molecule has 138 valence electrons. The summed E-state index contributed by atoms with van der Waals surface area (Å²) in [5.41, 5.74) is 6.29. The molecule has 1 aliphatic carbocycles. The van der Waals surface area contributed by atoms with Crippen LogP contribution in [0, 0.1) is 0 Å². The third kappa shape index (κ3) is 6.85. The van der Waals surface area contributed by atoms with Gasteiger partial charge < -0.3 is 20.7 Å². The highest BCUT2D eigenvalue weighted by Gasteiger charge is 2.35. The highest BCUT2D eigenvalue weighted by atomic mass is 35.5. The number of nitrogens with one attached hydrogen (secondary N) is 1. The second kappa shape index (κ2) is 10.8. The number of nitrogens with two attached hydrogens (primary N) is 1. The van der Waals surface area contributed by atoms with E-state index in [0.717, 1.165) is 43.7 Å². The van der Waals surface area contributed by atoms with Crippen LogP contribution < -0.4 is 15.8 Å². The summed E-state index contributed by atoms with van der Waals surface area (Å²) in [6.45, 7) is 1.51. The van der Waals surface area contributed by atoms with Gasteiger partial charge in [0.1, 0.15) is 12.4 Å². The van der Waals surface area contributed by atoms with Crippen LogP contribution in [-0.2, 0) is 4.79 Å². The maximum atomic E-state index is 12.3. The summed E-state index contributed by atoms with van der Waals surface area (Å²) in [5.74, 6) is 0.730. The molecule has 1 saturated carbocycles. The van der Waals surface area contributed by atoms with E-state index in [1.807, 2.05) is 38.4 Å². The zero-order chi connectivity index (χ0) is 16.0. The number of carbonyl (C=O) groups is 1. The van der Waals surface area contributed by atoms with Crippen molar-refractivity contribution in [3.63, 3.8) is 0 Å². The standard InChI is InChI=1S/C17H27N3O2.2ClH/c1-20(2)12-13-22-15-8-6-14(7-9-15)19-16(21)17(18)10-4-3-5-11-17;;/h6-9H,3-5,10-13,18H2,1-2H3,(H,19,21);2*1H. The molecule has 0 aliphatic heterocycles. The van der Waals surface area contributed by atoms with Gasteiger partial charge in [-0.2, -0.15) is 0 Å². The van der Waals surface area contributed by atoms with Gasteiger partial charge in [0.2, 0.25) is 5.91 Å². The van der Waals surface area contributed by atoms with E-state index in [1.54, 1.807) is 0 Å². The lowest BCUT2D eigenvalue weighted by Crippen LogP contribution is -2.52. The number of anilines is 1. The summed E-state index contributed by atoms with van der Waals surface area (Å²) in [5, 5.41) is 2.93. The van der Waals surface area contributed by atoms with Crippen molar-refractivity contribution in [1.29, 1.82) is 0 Å². The average molecular weight is 378 g/mol. The van der Waals surface area contributed by atoms with Gasteiger partial charge in [0.25, 0.3) is 0 Å². The van der Waals surface area contributed by atoms with E-state index in [4.69, 9.17) is 10.5 Å². The van der Waals surface area contributed by atoms with Crippen LogP contribution in [0.5, 0.6) is 5.75 Å². The Labute approximate surface area is 157 Å². The van der Waals surface area contributed by atoms with Crippen LogP contribution in [0.4, 0.5) is 5.69 Å². The van der Waals surface area contributed by atoms with Crippen LogP contribution >= 0.6 is 24.8 Å². The second-order valence-electron chi connectivity index (χ2n) is 6.35. The number of amides is 1. The first-order chi connectivity index (χ1) is 10.5. The summed E-state index contributed by atoms with van der Waals surface area (Å²) in [7, 11) is 4.02. The van der Waals surface area contributed by atoms with E-state index in [2.05, 4.69) is 10.2 Å². The zero-order valence-electron chi connectivity index (χ0n) is 14.4. The van der Waals surface area contributed by atoms with Gasteiger partial charge >= 0.3 is 0 Å². The Balaban J connectivity index is 0.00000264. The van der Waals surface area contributed by atoms with E-state index in [-0.39, 0.29) is 30.7 Å². The van der Waals surface area contributed by atoms with Crippen molar-refractivity contribution in [2.24, 2.45) is 5.73 Å². The quantitative estimate of drug-likeness (QED) is 0.799. The molecule has 7 heteroatoms. The smallest absolute Gasteiger partial charge is 0.244 e. The van der Waals surface area contributed by atoms with Crippen LogP contribution in [0.1, 0.15) is 32.1 Å². The molecule has 24 heavy (non-hydrogen) atoms. The minimum atomic E-state index is -0.709. The van der Waals surface area contributed by atoms with Crippen molar-refractivity contribution in [3.05, 3.63) is 24.3 Å². The lowest BCUT2D eigenvalue weighted by atomic mass is 9.82. The molecule has 0 saturated heterocycles. The predicted molar refractivity (Wildman–Crippen MR) is 104 cm³/mol. The number of rotatable bonds is 6. The van der Waals surface area contributed by atoms with E-state index >= 15 is 0 Å². The van der Waals surface area contributed by atoms with Crippen LogP contribution in [0.2, 0.25) is 0 Å². The first-order valence-electron chi connectivity index (χ1n) is 7.97. The summed E-state index contributed by atoms with van der Waals surface area (Å²) < 4.78 is 5.63. The molecule has 0 spiro atoms. The van der Waals surface area contributed by atoms with Gasteiger partial charge in [-0.1, -0.05) is 19.3 Å². The third-order valence-corrected chi connectivity index (χ3v) is 4.12. The van der Waals surface area contributed by atoms with Crippen molar-refractivity contribution in [2.75, 3.05) is 32.6 Å². The number of carbonyl (C=O) groups excluding carboxylic acids is 1. The average Bonchev–Trinajstić information content (AvgIpc) is 2.49. The number of hydrogen-bond acceptors (Lipinski definition) is 4. The van der Waals surface area contributed by atoms with Crippen molar-refractivity contribution in [3.8, 4) is 5.75 Å². The SMILES string of the molecule is CN(C)CCOc1ccc(NC(=O)C2(N)CCCCC2)cc1.Cl.Cl. The largest absolute Gasteiger partial charge is 0.492 e. The van der Waals surface area contributed by atoms with Gasteiger partial charge in [-0.3, -0.25) is 4.79 Å². The zero-order valence-corrected chi connectivity index (χ0v) is 16.0. The van der Waals surface area contributed by atoms with Crippen molar-refractivity contribution in [1.82, 2.24) is 4.90 Å². The fourth-order valence-electron chi connectivity index (χ4n) is 2.65. The van der Waals surface area contributed by atoms with Gasteiger partial charge in [-0.25, -0.2) is 0 Å². The topological polar surface area (TPSA) is 67.6 Å². The lowest BCUT2D eigenvalue weighted by Gasteiger charge is -2.31. The molecule has 0 atom stereocenters. The number of ether oxygens (including phenoxy) is 1. The Morgan fingerprint density at radius 2 is 1.75 bits per heavy atom. The van der Waals surface area contributed by atoms with Crippen molar-refractivity contribution < 1.29 is 9.53 Å². The van der Waals surface area contributed by atoms with Crippen molar-refractivity contribution >= 4 is 36.4 Å². The van der Waals surface area contributed by atoms with Gasteiger partial charge in [-0.15, -0.1) is 24.8 Å². The van der Waals surface area contributed by atoms with E-state index in [9.17, 15) is 4.79 Å². The molecular formula is C17H29Cl2N3O2. The van der Waals surface area contributed by atoms with E-state index in [0.29, 0.717) is 6.61 Å². The maximum Gasteiger partial charge on any atom is 0.244 e. The Kier molecular flexibility index (Phi) is 10.3. The molecule has 0 radical (unpaired) electrons. The van der Waals surface area contributed by atoms with Crippen LogP contribution in [-0.4, -0.2) is 43.6 Å². The number of likely N-dealkylation sites (N-methyl/N-ethyl adjacent to an activating group) is 1. The highest BCUT2D eigenvalue weighted by Crippen LogP contribution is 2.27. The molecule has 0 heterocycles. The van der Waals surface area contributed by atoms with Crippen LogP contribution in [0.15, 0.2) is 24.3 Å². The molecule has 2 rings (SSSR count). The Bertz CT molecular complexity index is 489. The van der Waals surface area contributed by atoms with Crippen LogP contribution in [0.25, 0.3) is 0 Å². The predicted octanol–water partition coefficient (Wildman–Crippen LogP) is 3.07. The first-order valence-corrected chi connectivity index (χ1v) is 7.97. The fourth-order valence-corrected chi connectivity index (χ4v) is 2.65. The van der Waals surface area contributed by atoms with Gasteiger partial charge in [-0.05, 0) is 51.2 Å². The number of benzene rings is 1. The summed E-state index contributed by atoms with van der Waals surface area (Å²) in [6, 6.07) is 7.45. The molecule has 1 amide bonds. The number of halogens is 2. The lowest BCUT2D eigenvalue weighted by molar-refractivity contribution is -0.122. The molecule has 5 nitrogen and oxygen atoms in total. The molecule has 0 unspecified atom stereocenters. The van der Waals surface area contributed by atoms with Crippen molar-refractivity contribution in [2.45, 2.75) is 37.6 Å². The highest BCUT2D eigenvalue weighted by molar-refractivity contribution is 5.98. The monoisotopic (exact) mass is 377 g/mol. The second-order valence-corrected chi connectivity index (χ2v) is 6.35.